The molecule has 0 aliphatic rings. The highest BCUT2D eigenvalue weighted by atomic mass is 32.2. The molecular weight excluding hydrogens is 236 g/mol. The fourth-order valence-corrected chi connectivity index (χ4v) is 2.60. The highest BCUT2D eigenvalue weighted by molar-refractivity contribution is 7.95. The summed E-state index contributed by atoms with van der Waals surface area (Å²) >= 11 is 7.10. The van der Waals surface area contributed by atoms with Crippen molar-refractivity contribution >= 4 is 36.0 Å². The summed E-state index contributed by atoms with van der Waals surface area (Å²) in [6, 6.07) is 0. The van der Waals surface area contributed by atoms with Crippen LogP contribution in [0.1, 0.15) is 5.56 Å². The molecule has 3 nitrogen and oxygen atoms in total. The number of nitrogens with one attached hydrogen (secondary N) is 1. The van der Waals surface area contributed by atoms with Crippen LogP contribution in [-0.4, -0.2) is 9.97 Å². The first kappa shape index (κ1) is 9.95. The quantitative estimate of drug-likeness (QED) is 0.641. The number of aromatic amines is 1. The molecule has 0 amide bonds. The molecular formula is C8H8N2OS3. The van der Waals surface area contributed by atoms with Crippen molar-refractivity contribution in [3.63, 3.8) is 0 Å². The first-order chi connectivity index (χ1) is 6.90. The van der Waals surface area contributed by atoms with Gasteiger partial charge in [0.1, 0.15) is 17.1 Å². The Morgan fingerprint density at radius 2 is 2.50 bits per heavy atom. The van der Waals surface area contributed by atoms with Gasteiger partial charge in [-0.3, -0.25) is 0 Å². The molecule has 2 aromatic heterocycles. The van der Waals surface area contributed by atoms with Crippen molar-refractivity contribution in [1.82, 2.24) is 9.97 Å². The van der Waals surface area contributed by atoms with E-state index in [1.807, 2.05) is 10.8 Å². The Balaban J connectivity index is 1.98. The first-order valence-corrected chi connectivity index (χ1v) is 6.20. The Kier molecular flexibility index (Phi) is 3.39. The van der Waals surface area contributed by atoms with Gasteiger partial charge in [0.2, 0.25) is 0 Å². The second-order valence-corrected chi connectivity index (χ2v) is 4.33. The van der Waals surface area contributed by atoms with Gasteiger partial charge in [-0.05, 0) is 5.38 Å². The maximum atomic E-state index is 5.52. The van der Waals surface area contributed by atoms with Crippen LogP contribution >= 0.6 is 36.0 Å². The molecule has 0 atom stereocenters. The molecule has 0 saturated carbocycles. The van der Waals surface area contributed by atoms with Crippen molar-refractivity contribution in [1.29, 1.82) is 0 Å². The molecule has 1 N–H and O–H groups in total. The lowest BCUT2D eigenvalue weighted by atomic mass is 10.4. The van der Waals surface area contributed by atoms with Crippen LogP contribution in [0.25, 0.3) is 0 Å². The van der Waals surface area contributed by atoms with Crippen LogP contribution in [-0.2, 0) is 5.75 Å². The third-order valence-electron chi connectivity index (χ3n) is 1.57. The van der Waals surface area contributed by atoms with Crippen LogP contribution in [0.3, 0.4) is 0 Å². The minimum absolute atomic E-state index is 0.697. The molecule has 2 rings (SSSR count). The molecule has 0 aliphatic carbocycles. The summed E-state index contributed by atoms with van der Waals surface area (Å²) in [5, 5.41) is 4.89. The molecule has 0 bridgehead atoms. The van der Waals surface area contributed by atoms with Gasteiger partial charge in [-0.1, -0.05) is 0 Å². The Morgan fingerprint density at radius 1 is 1.57 bits per heavy atom. The molecule has 0 saturated heterocycles. The summed E-state index contributed by atoms with van der Waals surface area (Å²) in [5.41, 5.74) is 1.12. The number of nitrogens with zero attached hydrogens (tertiary/aromatic N) is 1. The molecule has 0 aliphatic heterocycles. The molecule has 0 fully saturated rings. The number of thiol groups is 1. The smallest absolute Gasteiger partial charge is 0.152 e. The number of rotatable bonds is 4. The van der Waals surface area contributed by atoms with E-state index >= 15 is 0 Å². The second-order valence-electron chi connectivity index (χ2n) is 2.50. The highest BCUT2D eigenvalue weighted by Crippen LogP contribution is 2.29. The van der Waals surface area contributed by atoms with E-state index in [1.54, 1.807) is 23.9 Å². The maximum absolute atomic E-state index is 5.52. The summed E-state index contributed by atoms with van der Waals surface area (Å²) < 4.78 is 5.52. The standard InChI is InChI=1S/C8H8N2OS3/c12-2-6-3-13-4-7(6)11-14-8-1-9-5-10-8/h1,3-5,12H,2H2,(H,9,10). The van der Waals surface area contributed by atoms with Crippen LogP contribution in [0.5, 0.6) is 5.75 Å². The summed E-state index contributed by atoms with van der Waals surface area (Å²) in [4.78, 5) is 6.84. The van der Waals surface area contributed by atoms with Gasteiger partial charge in [0.25, 0.3) is 0 Å². The average Bonchev–Trinajstić information content (AvgIpc) is 2.85. The second kappa shape index (κ2) is 4.77. The Labute approximate surface area is 95.5 Å². The minimum Gasteiger partial charge on any atom is -0.418 e. The molecule has 0 radical (unpaired) electrons. The van der Waals surface area contributed by atoms with Gasteiger partial charge in [0.15, 0.2) is 5.75 Å². The van der Waals surface area contributed by atoms with E-state index < -0.39 is 0 Å². The Bertz CT molecular complexity index is 385. The van der Waals surface area contributed by atoms with Gasteiger partial charge < -0.3 is 9.17 Å². The average molecular weight is 244 g/mol. The molecule has 0 aromatic carbocycles. The third-order valence-corrected chi connectivity index (χ3v) is 3.34. The van der Waals surface area contributed by atoms with Crippen LogP contribution in [0.15, 0.2) is 28.3 Å². The first-order valence-electron chi connectivity index (χ1n) is 3.89. The summed E-state index contributed by atoms with van der Waals surface area (Å²) in [6.07, 6.45) is 3.34. The largest absolute Gasteiger partial charge is 0.418 e. The van der Waals surface area contributed by atoms with Crippen LogP contribution in [0, 0.1) is 0 Å². The third kappa shape index (κ3) is 2.26. The van der Waals surface area contributed by atoms with Crippen molar-refractivity contribution in [3.8, 4) is 5.75 Å². The number of hydrogen-bond acceptors (Lipinski definition) is 5. The lowest BCUT2D eigenvalue weighted by Gasteiger charge is -2.01. The molecule has 6 heteroatoms. The fraction of sp³-hybridized carbons (Fsp3) is 0.125. The number of imidazole rings is 1. The van der Waals surface area contributed by atoms with E-state index in [0.717, 1.165) is 16.3 Å². The van der Waals surface area contributed by atoms with E-state index in [-0.39, 0.29) is 0 Å². The SMILES string of the molecule is SCc1cscc1OSc1cnc[nH]1. The molecule has 2 aromatic rings. The summed E-state index contributed by atoms with van der Waals surface area (Å²) in [7, 11) is 0. The van der Waals surface area contributed by atoms with Gasteiger partial charge in [-0.25, -0.2) is 4.98 Å². The molecule has 74 valence electrons. The predicted molar refractivity (Wildman–Crippen MR) is 62.1 cm³/mol. The molecule has 14 heavy (non-hydrogen) atoms. The van der Waals surface area contributed by atoms with E-state index in [0.29, 0.717) is 5.75 Å². The van der Waals surface area contributed by atoms with E-state index in [2.05, 4.69) is 22.6 Å². The van der Waals surface area contributed by atoms with Gasteiger partial charge in [-0.15, -0.1) is 11.3 Å². The monoisotopic (exact) mass is 244 g/mol. The Hall–Kier alpha value is -0.590. The van der Waals surface area contributed by atoms with Crippen molar-refractivity contribution in [2.75, 3.05) is 0 Å². The van der Waals surface area contributed by atoms with Gasteiger partial charge >= 0.3 is 0 Å². The van der Waals surface area contributed by atoms with Gasteiger partial charge in [-0.2, -0.15) is 12.6 Å². The van der Waals surface area contributed by atoms with Crippen molar-refractivity contribution in [2.45, 2.75) is 10.8 Å². The van der Waals surface area contributed by atoms with Crippen molar-refractivity contribution in [3.05, 3.63) is 28.8 Å². The lowest BCUT2D eigenvalue weighted by Crippen LogP contribution is -1.83. The van der Waals surface area contributed by atoms with Crippen LogP contribution in [0.4, 0.5) is 0 Å². The van der Waals surface area contributed by atoms with Gasteiger partial charge in [0.05, 0.1) is 12.5 Å². The lowest BCUT2D eigenvalue weighted by molar-refractivity contribution is 0.641. The topological polar surface area (TPSA) is 37.9 Å². The van der Waals surface area contributed by atoms with Crippen LogP contribution in [0.2, 0.25) is 0 Å². The van der Waals surface area contributed by atoms with Gasteiger partial charge in [0, 0.05) is 16.7 Å². The number of thiophene rings is 1. The maximum Gasteiger partial charge on any atom is 0.152 e. The number of aromatic nitrogens is 2. The predicted octanol–water partition coefficient (Wildman–Crippen LogP) is 2.99. The molecule has 2 heterocycles. The summed E-state index contributed by atoms with van der Waals surface area (Å²) in [6.45, 7) is 0. The Morgan fingerprint density at radius 3 is 3.21 bits per heavy atom. The van der Waals surface area contributed by atoms with E-state index in [4.69, 9.17) is 4.18 Å². The molecule has 0 spiro atoms. The van der Waals surface area contributed by atoms with E-state index in [9.17, 15) is 0 Å². The highest BCUT2D eigenvalue weighted by Gasteiger charge is 2.05. The normalized spacial score (nSPS) is 10.4. The van der Waals surface area contributed by atoms with Crippen molar-refractivity contribution in [2.24, 2.45) is 0 Å². The van der Waals surface area contributed by atoms with Crippen molar-refractivity contribution < 1.29 is 4.18 Å². The zero-order chi connectivity index (χ0) is 9.80. The zero-order valence-corrected chi connectivity index (χ0v) is 9.66. The number of H-pyrrole nitrogens is 1. The van der Waals surface area contributed by atoms with Crippen LogP contribution < -0.4 is 4.18 Å². The molecule has 0 unspecified atom stereocenters. The zero-order valence-electron chi connectivity index (χ0n) is 7.14. The minimum atomic E-state index is 0.697. The fourth-order valence-electron chi connectivity index (χ4n) is 0.879. The number of hydrogen-bond donors (Lipinski definition) is 2. The summed E-state index contributed by atoms with van der Waals surface area (Å²) in [5.74, 6) is 1.58. The van der Waals surface area contributed by atoms with E-state index in [1.165, 1.54) is 12.0 Å².